The third-order valence-corrected chi connectivity index (χ3v) is 4.54. The van der Waals surface area contributed by atoms with Crippen LogP contribution in [-0.4, -0.2) is 34.1 Å². The van der Waals surface area contributed by atoms with E-state index in [9.17, 15) is 14.4 Å². The number of carbonyl (C=O) groups is 2. The van der Waals surface area contributed by atoms with E-state index < -0.39 is 0 Å². The molecule has 0 bridgehead atoms. The number of aryl methyl sites for hydroxylation is 1. The Morgan fingerprint density at radius 3 is 2.92 bits per heavy atom. The molecule has 1 aliphatic heterocycles. The van der Waals surface area contributed by atoms with Crippen LogP contribution in [0.2, 0.25) is 0 Å². The molecule has 2 heterocycles. The van der Waals surface area contributed by atoms with Gasteiger partial charge in [-0.25, -0.2) is 4.98 Å². The number of amides is 2. The second kappa shape index (κ2) is 7.52. The van der Waals surface area contributed by atoms with Crippen molar-refractivity contribution in [2.45, 2.75) is 24.9 Å². The van der Waals surface area contributed by atoms with E-state index >= 15 is 0 Å². The monoisotopic (exact) mass is 358 g/mol. The highest BCUT2D eigenvalue weighted by atomic mass is 32.2. The molecule has 7 nitrogen and oxygen atoms in total. The fraction of sp³-hybridized carbons (Fsp3) is 0.294. The van der Waals surface area contributed by atoms with Gasteiger partial charge in [-0.2, -0.15) is 0 Å². The molecule has 1 aliphatic rings. The second-order valence-corrected chi connectivity index (χ2v) is 6.59. The van der Waals surface area contributed by atoms with Crippen LogP contribution in [0.5, 0.6) is 0 Å². The lowest BCUT2D eigenvalue weighted by Crippen LogP contribution is -2.43. The third-order valence-electron chi connectivity index (χ3n) is 3.68. The quantitative estimate of drug-likeness (QED) is 0.628. The Hall–Kier alpha value is -2.61. The summed E-state index contributed by atoms with van der Waals surface area (Å²) in [5.74, 6) is -0.357. The molecule has 3 rings (SSSR count). The van der Waals surface area contributed by atoms with E-state index in [1.807, 2.05) is 13.0 Å². The van der Waals surface area contributed by atoms with E-state index in [2.05, 4.69) is 15.3 Å². The number of carbonyl (C=O) groups excluding carboxylic acids is 2. The molecule has 0 unspecified atom stereocenters. The van der Waals surface area contributed by atoms with Gasteiger partial charge in [0, 0.05) is 11.8 Å². The van der Waals surface area contributed by atoms with E-state index in [1.54, 1.807) is 18.2 Å². The van der Waals surface area contributed by atoms with Gasteiger partial charge < -0.3 is 15.2 Å². The lowest BCUT2D eigenvalue weighted by atomic mass is 10.2. The summed E-state index contributed by atoms with van der Waals surface area (Å²) in [6, 6.07) is 8.64. The molecule has 1 aromatic heterocycles. The normalized spacial score (nSPS) is 13.3. The van der Waals surface area contributed by atoms with Crippen molar-refractivity contribution >= 4 is 35.0 Å². The minimum Gasteiger partial charge on any atom is -0.323 e. The maximum absolute atomic E-state index is 12.6. The zero-order valence-corrected chi connectivity index (χ0v) is 14.6. The number of aromatic amines is 1. The molecule has 0 fully saturated rings. The number of hydrogen-bond acceptors (Lipinski definition) is 5. The van der Waals surface area contributed by atoms with E-state index in [0.717, 1.165) is 18.2 Å². The zero-order valence-electron chi connectivity index (χ0n) is 13.7. The SMILES string of the molecule is CCCc1cc(=O)[nH]c(SCC(=O)N2CC(=O)Nc3ccccc32)n1. The van der Waals surface area contributed by atoms with Crippen LogP contribution >= 0.6 is 11.8 Å². The predicted octanol–water partition coefficient (Wildman–Crippen LogP) is 1.80. The maximum Gasteiger partial charge on any atom is 0.251 e. The summed E-state index contributed by atoms with van der Waals surface area (Å²) in [5.41, 5.74) is 1.78. The first-order valence-corrected chi connectivity index (χ1v) is 8.97. The van der Waals surface area contributed by atoms with Crippen molar-refractivity contribution in [3.05, 3.63) is 46.4 Å². The summed E-state index contributed by atoms with van der Waals surface area (Å²) in [6.45, 7) is 1.99. The molecule has 0 radical (unpaired) electrons. The summed E-state index contributed by atoms with van der Waals surface area (Å²) >= 11 is 1.16. The van der Waals surface area contributed by atoms with Crippen LogP contribution in [0.3, 0.4) is 0 Å². The van der Waals surface area contributed by atoms with E-state index in [4.69, 9.17) is 0 Å². The number of thioether (sulfide) groups is 1. The topological polar surface area (TPSA) is 95.2 Å². The maximum atomic E-state index is 12.6. The molecule has 0 aliphatic carbocycles. The minimum atomic E-state index is -0.228. The van der Waals surface area contributed by atoms with Crippen LogP contribution in [0.15, 0.2) is 40.3 Å². The van der Waals surface area contributed by atoms with Crippen molar-refractivity contribution in [2.24, 2.45) is 0 Å². The molecule has 2 amide bonds. The largest absolute Gasteiger partial charge is 0.323 e. The average molecular weight is 358 g/mol. The van der Waals surface area contributed by atoms with E-state index in [1.165, 1.54) is 11.0 Å². The minimum absolute atomic E-state index is 0.0176. The summed E-state index contributed by atoms with van der Waals surface area (Å²) < 4.78 is 0. The third kappa shape index (κ3) is 4.08. The van der Waals surface area contributed by atoms with Gasteiger partial charge in [0.15, 0.2) is 5.16 Å². The van der Waals surface area contributed by atoms with Gasteiger partial charge in [0.1, 0.15) is 6.54 Å². The number of fused-ring (bicyclic) bond motifs is 1. The second-order valence-electron chi connectivity index (χ2n) is 5.63. The van der Waals surface area contributed by atoms with E-state index in [-0.39, 0.29) is 29.7 Å². The highest BCUT2D eigenvalue weighted by Crippen LogP contribution is 2.29. The first-order chi connectivity index (χ1) is 12.1. The van der Waals surface area contributed by atoms with Crippen LogP contribution in [0.25, 0.3) is 0 Å². The van der Waals surface area contributed by atoms with Gasteiger partial charge in [0.2, 0.25) is 11.8 Å². The summed E-state index contributed by atoms with van der Waals surface area (Å²) in [6.07, 6.45) is 1.60. The lowest BCUT2D eigenvalue weighted by molar-refractivity contribution is -0.120. The van der Waals surface area contributed by atoms with Crippen molar-refractivity contribution in [3.8, 4) is 0 Å². The van der Waals surface area contributed by atoms with Gasteiger partial charge in [0.25, 0.3) is 5.56 Å². The number of para-hydroxylation sites is 2. The van der Waals surface area contributed by atoms with Gasteiger partial charge in [0.05, 0.1) is 17.1 Å². The first-order valence-electron chi connectivity index (χ1n) is 7.99. The molecule has 0 atom stereocenters. The number of nitrogens with zero attached hydrogens (tertiary/aromatic N) is 2. The molecule has 25 heavy (non-hydrogen) atoms. The molecule has 0 spiro atoms. The van der Waals surface area contributed by atoms with Crippen LogP contribution in [0, 0.1) is 0 Å². The molecule has 0 saturated heterocycles. The zero-order chi connectivity index (χ0) is 17.8. The van der Waals surface area contributed by atoms with Crippen molar-refractivity contribution in [1.29, 1.82) is 0 Å². The summed E-state index contributed by atoms with van der Waals surface area (Å²) in [7, 11) is 0. The van der Waals surface area contributed by atoms with Crippen molar-refractivity contribution in [3.63, 3.8) is 0 Å². The van der Waals surface area contributed by atoms with Gasteiger partial charge >= 0.3 is 0 Å². The Labute approximate surface area is 148 Å². The number of rotatable bonds is 5. The average Bonchev–Trinajstić information content (AvgIpc) is 2.58. The van der Waals surface area contributed by atoms with Gasteiger partial charge in [-0.1, -0.05) is 37.2 Å². The molecule has 2 N–H and O–H groups in total. The van der Waals surface area contributed by atoms with E-state index in [0.29, 0.717) is 28.6 Å². The molecular weight excluding hydrogens is 340 g/mol. The number of hydrogen-bond donors (Lipinski definition) is 2. The fourth-order valence-corrected chi connectivity index (χ4v) is 3.37. The van der Waals surface area contributed by atoms with Crippen molar-refractivity contribution in [2.75, 3.05) is 22.5 Å². The van der Waals surface area contributed by atoms with Crippen LogP contribution in [0.1, 0.15) is 19.0 Å². The smallest absolute Gasteiger partial charge is 0.251 e. The number of H-pyrrole nitrogens is 1. The Morgan fingerprint density at radius 1 is 1.32 bits per heavy atom. The standard InChI is InChI=1S/C17H18N4O3S/c1-2-5-11-8-14(22)20-17(18-11)25-10-16(24)21-9-15(23)19-12-6-3-4-7-13(12)21/h3-4,6-8H,2,5,9-10H2,1H3,(H,19,23)(H,18,20,22). The number of aromatic nitrogens is 2. The van der Waals surface area contributed by atoms with Gasteiger partial charge in [-0.3, -0.25) is 14.4 Å². The summed E-state index contributed by atoms with van der Waals surface area (Å²) in [4.78, 5) is 44.5. The molecule has 1 aromatic carbocycles. The number of anilines is 2. The molecule has 130 valence electrons. The predicted molar refractivity (Wildman–Crippen MR) is 97.0 cm³/mol. The number of nitrogens with one attached hydrogen (secondary N) is 2. The highest BCUT2D eigenvalue weighted by molar-refractivity contribution is 7.99. The lowest BCUT2D eigenvalue weighted by Gasteiger charge is -2.29. The van der Waals surface area contributed by atoms with Gasteiger partial charge in [-0.15, -0.1) is 0 Å². The van der Waals surface area contributed by atoms with Crippen LogP contribution in [-0.2, 0) is 16.0 Å². The fourth-order valence-electron chi connectivity index (χ4n) is 2.60. The van der Waals surface area contributed by atoms with Crippen LogP contribution < -0.4 is 15.8 Å². The van der Waals surface area contributed by atoms with Gasteiger partial charge in [-0.05, 0) is 18.6 Å². The Kier molecular flexibility index (Phi) is 5.18. The molecule has 2 aromatic rings. The van der Waals surface area contributed by atoms with Crippen LogP contribution in [0.4, 0.5) is 11.4 Å². The van der Waals surface area contributed by atoms with Crippen molar-refractivity contribution in [1.82, 2.24) is 9.97 Å². The molecule has 0 saturated carbocycles. The van der Waals surface area contributed by atoms with Crippen molar-refractivity contribution < 1.29 is 9.59 Å². The Balaban J connectivity index is 1.73. The Morgan fingerprint density at radius 2 is 2.12 bits per heavy atom. The summed E-state index contributed by atoms with van der Waals surface area (Å²) in [5, 5.41) is 3.16. The highest BCUT2D eigenvalue weighted by Gasteiger charge is 2.26. The number of benzene rings is 1. The molecular formula is C17H18N4O3S. The molecule has 8 heteroatoms. The Bertz CT molecular complexity index is 865. The first kappa shape index (κ1) is 17.2.